The first-order chi connectivity index (χ1) is 15.2. The molecule has 152 valence electrons. The Bertz CT molecular complexity index is 1490. The molecule has 5 rings (SSSR count). The van der Waals surface area contributed by atoms with Crippen LogP contribution in [0.25, 0.3) is 32.6 Å². The predicted octanol–water partition coefficient (Wildman–Crippen LogP) is 5.17. The van der Waals surface area contributed by atoms with Crippen molar-refractivity contribution in [3.8, 4) is 0 Å². The number of pyridine rings is 1. The molecular formula is C26H19NO4. The fourth-order valence-corrected chi connectivity index (χ4v) is 3.84. The molecule has 0 bridgehead atoms. The van der Waals surface area contributed by atoms with Gasteiger partial charge in [-0.25, -0.2) is 4.79 Å². The number of esters is 1. The van der Waals surface area contributed by atoms with Crippen LogP contribution in [-0.4, -0.2) is 11.0 Å². The van der Waals surface area contributed by atoms with E-state index in [1.54, 1.807) is 6.07 Å². The highest BCUT2D eigenvalue weighted by Gasteiger charge is 2.12. The summed E-state index contributed by atoms with van der Waals surface area (Å²) in [6.45, 7) is 0.0140. The van der Waals surface area contributed by atoms with E-state index in [0.29, 0.717) is 17.6 Å². The SMILES string of the molecule is O=C(CCc1ccc2ccccc2n1)OCc1cc(=O)oc2ccc3ccccc3c12. The first-order valence-electron chi connectivity index (χ1n) is 10.1. The number of nitrogens with zero attached hydrogens (tertiary/aromatic N) is 1. The third-order valence-corrected chi connectivity index (χ3v) is 5.34. The van der Waals surface area contributed by atoms with Gasteiger partial charge in [0.25, 0.3) is 0 Å². The van der Waals surface area contributed by atoms with Gasteiger partial charge >= 0.3 is 11.6 Å². The lowest BCUT2D eigenvalue weighted by Gasteiger charge is -2.10. The van der Waals surface area contributed by atoms with Gasteiger partial charge in [-0.15, -0.1) is 0 Å². The van der Waals surface area contributed by atoms with Crippen molar-refractivity contribution >= 4 is 38.6 Å². The fraction of sp³-hybridized carbons (Fsp3) is 0.115. The Kier molecular flexibility index (Phi) is 4.92. The number of para-hydroxylation sites is 1. The van der Waals surface area contributed by atoms with Crippen LogP contribution in [0.5, 0.6) is 0 Å². The van der Waals surface area contributed by atoms with Crippen LogP contribution in [0.1, 0.15) is 17.7 Å². The van der Waals surface area contributed by atoms with Crippen molar-refractivity contribution in [3.05, 3.63) is 101 Å². The molecule has 0 saturated heterocycles. The second-order valence-electron chi connectivity index (χ2n) is 7.41. The van der Waals surface area contributed by atoms with Crippen LogP contribution in [-0.2, 0) is 22.6 Å². The number of carbonyl (C=O) groups excluding carboxylic acids is 1. The average Bonchev–Trinajstić information content (AvgIpc) is 2.80. The summed E-state index contributed by atoms with van der Waals surface area (Å²) in [5.41, 5.74) is 2.40. The second-order valence-corrected chi connectivity index (χ2v) is 7.41. The fourth-order valence-electron chi connectivity index (χ4n) is 3.84. The molecule has 0 saturated carbocycles. The minimum Gasteiger partial charge on any atom is -0.461 e. The van der Waals surface area contributed by atoms with E-state index < -0.39 is 5.63 Å². The van der Waals surface area contributed by atoms with Gasteiger partial charge in [0.05, 0.1) is 11.9 Å². The van der Waals surface area contributed by atoms with Crippen LogP contribution >= 0.6 is 0 Å². The van der Waals surface area contributed by atoms with Gasteiger partial charge in [0.2, 0.25) is 0 Å². The van der Waals surface area contributed by atoms with Gasteiger partial charge in [-0.2, -0.15) is 0 Å². The smallest absolute Gasteiger partial charge is 0.336 e. The third kappa shape index (κ3) is 3.90. The summed E-state index contributed by atoms with van der Waals surface area (Å²) in [6.07, 6.45) is 0.704. The van der Waals surface area contributed by atoms with Crippen molar-refractivity contribution in [2.45, 2.75) is 19.4 Å². The van der Waals surface area contributed by atoms with Crippen LogP contribution in [0, 0.1) is 0 Å². The minimum absolute atomic E-state index is 0.0140. The standard InChI is InChI=1S/C26H19NO4/c28-24(14-12-20-11-9-18-6-2-4-8-22(18)27-20)30-16-19-15-25(29)31-23-13-10-17-5-1-3-7-21(17)26(19)23/h1-11,13,15H,12,14,16H2. The van der Waals surface area contributed by atoms with Crippen molar-refractivity contribution in [1.82, 2.24) is 4.98 Å². The van der Waals surface area contributed by atoms with Gasteiger partial charge in [0.1, 0.15) is 12.2 Å². The molecule has 5 nitrogen and oxygen atoms in total. The lowest BCUT2D eigenvalue weighted by molar-refractivity contribution is -0.144. The molecule has 0 fully saturated rings. The van der Waals surface area contributed by atoms with Crippen LogP contribution in [0.4, 0.5) is 0 Å². The van der Waals surface area contributed by atoms with Crippen LogP contribution in [0.2, 0.25) is 0 Å². The van der Waals surface area contributed by atoms with E-state index >= 15 is 0 Å². The maximum absolute atomic E-state index is 12.4. The quantitative estimate of drug-likeness (QED) is 0.228. The van der Waals surface area contributed by atoms with E-state index in [1.165, 1.54) is 6.07 Å². The van der Waals surface area contributed by atoms with Crippen molar-refractivity contribution in [2.75, 3.05) is 0 Å². The molecule has 0 amide bonds. The average molecular weight is 409 g/mol. The van der Waals surface area contributed by atoms with E-state index in [1.807, 2.05) is 66.7 Å². The number of rotatable bonds is 5. The Labute approximate surface area is 177 Å². The predicted molar refractivity (Wildman–Crippen MR) is 120 cm³/mol. The minimum atomic E-state index is -0.464. The largest absolute Gasteiger partial charge is 0.461 e. The molecule has 0 radical (unpaired) electrons. The summed E-state index contributed by atoms with van der Waals surface area (Å²) < 4.78 is 10.9. The number of carbonyl (C=O) groups is 1. The van der Waals surface area contributed by atoms with Crippen LogP contribution in [0.15, 0.2) is 88.1 Å². The number of fused-ring (bicyclic) bond motifs is 4. The molecule has 3 aromatic carbocycles. The molecular weight excluding hydrogens is 390 g/mol. The Morgan fingerprint density at radius 3 is 2.58 bits per heavy atom. The van der Waals surface area contributed by atoms with Crippen molar-refractivity contribution < 1.29 is 13.9 Å². The maximum Gasteiger partial charge on any atom is 0.336 e. The zero-order valence-corrected chi connectivity index (χ0v) is 16.7. The Morgan fingerprint density at radius 1 is 0.903 bits per heavy atom. The highest BCUT2D eigenvalue weighted by Crippen LogP contribution is 2.27. The number of hydrogen-bond donors (Lipinski definition) is 0. The summed E-state index contributed by atoms with van der Waals surface area (Å²) in [6, 6.07) is 24.7. The van der Waals surface area contributed by atoms with Crippen molar-refractivity contribution in [1.29, 1.82) is 0 Å². The molecule has 31 heavy (non-hydrogen) atoms. The number of aryl methyl sites for hydroxylation is 1. The van der Waals surface area contributed by atoms with E-state index in [4.69, 9.17) is 9.15 Å². The third-order valence-electron chi connectivity index (χ3n) is 5.34. The normalized spacial score (nSPS) is 11.2. The molecule has 5 heteroatoms. The number of aromatic nitrogens is 1. The van der Waals surface area contributed by atoms with E-state index in [9.17, 15) is 9.59 Å². The second kappa shape index (κ2) is 8.03. The molecule has 0 aliphatic carbocycles. The van der Waals surface area contributed by atoms with E-state index in [2.05, 4.69) is 4.98 Å². The van der Waals surface area contributed by atoms with Gasteiger partial charge in [0.15, 0.2) is 0 Å². The molecule has 5 aromatic rings. The van der Waals surface area contributed by atoms with Gasteiger partial charge in [-0.1, -0.05) is 54.6 Å². The van der Waals surface area contributed by atoms with Crippen LogP contribution < -0.4 is 5.63 Å². The first kappa shape index (κ1) is 19.0. The highest BCUT2D eigenvalue weighted by molar-refractivity contribution is 6.07. The lowest BCUT2D eigenvalue weighted by Crippen LogP contribution is -2.09. The summed E-state index contributed by atoms with van der Waals surface area (Å²) >= 11 is 0. The summed E-state index contributed by atoms with van der Waals surface area (Å²) in [4.78, 5) is 29.0. The molecule has 2 aromatic heterocycles. The summed E-state index contributed by atoms with van der Waals surface area (Å²) in [7, 11) is 0. The number of hydrogen-bond acceptors (Lipinski definition) is 5. The van der Waals surface area contributed by atoms with Crippen LogP contribution in [0.3, 0.4) is 0 Å². The van der Waals surface area contributed by atoms with Gasteiger partial charge in [-0.3, -0.25) is 9.78 Å². The number of ether oxygens (including phenoxy) is 1. The lowest BCUT2D eigenvalue weighted by atomic mass is 10.0. The van der Waals surface area contributed by atoms with Gasteiger partial charge in [-0.05, 0) is 29.0 Å². The van der Waals surface area contributed by atoms with Gasteiger partial charge < -0.3 is 9.15 Å². The highest BCUT2D eigenvalue weighted by atomic mass is 16.5. The molecule has 0 spiro atoms. The molecule has 0 aliphatic rings. The Hall–Kier alpha value is -3.99. The topological polar surface area (TPSA) is 69.4 Å². The van der Waals surface area contributed by atoms with Gasteiger partial charge in [0, 0.05) is 34.5 Å². The molecule has 0 aliphatic heterocycles. The molecule has 0 unspecified atom stereocenters. The zero-order chi connectivity index (χ0) is 21.2. The Morgan fingerprint density at radius 2 is 1.68 bits per heavy atom. The number of benzene rings is 3. The first-order valence-corrected chi connectivity index (χ1v) is 10.1. The van der Waals surface area contributed by atoms with E-state index in [0.717, 1.165) is 32.8 Å². The Balaban J connectivity index is 1.33. The zero-order valence-electron chi connectivity index (χ0n) is 16.7. The van der Waals surface area contributed by atoms with E-state index in [-0.39, 0.29) is 19.0 Å². The molecule has 0 N–H and O–H groups in total. The summed E-state index contributed by atoms with van der Waals surface area (Å²) in [5, 5.41) is 3.84. The van der Waals surface area contributed by atoms with Crippen molar-refractivity contribution in [2.24, 2.45) is 0 Å². The molecule has 2 heterocycles. The monoisotopic (exact) mass is 409 g/mol. The summed E-state index contributed by atoms with van der Waals surface area (Å²) in [5.74, 6) is -0.336. The maximum atomic E-state index is 12.4. The van der Waals surface area contributed by atoms with Crippen molar-refractivity contribution in [3.63, 3.8) is 0 Å². The molecule has 0 atom stereocenters.